The molecule has 0 rings (SSSR count). The summed E-state index contributed by atoms with van der Waals surface area (Å²) in [5, 5.41) is 0. The van der Waals surface area contributed by atoms with Crippen LogP contribution in [0, 0.1) is 0 Å². The van der Waals surface area contributed by atoms with Crippen molar-refractivity contribution < 1.29 is 4.74 Å². The Bertz CT molecular complexity index is 192. The summed E-state index contributed by atoms with van der Waals surface area (Å²) in [5.74, 6) is 0. The molecule has 0 bridgehead atoms. The van der Waals surface area contributed by atoms with Gasteiger partial charge >= 0.3 is 0 Å². The van der Waals surface area contributed by atoms with E-state index in [1.165, 1.54) is 38.1 Å². The van der Waals surface area contributed by atoms with Crippen LogP contribution in [0.5, 0.6) is 0 Å². The van der Waals surface area contributed by atoms with E-state index in [1.54, 1.807) is 0 Å². The fourth-order valence-corrected chi connectivity index (χ4v) is 5.39. The van der Waals surface area contributed by atoms with E-state index in [1.807, 2.05) is 6.92 Å². The van der Waals surface area contributed by atoms with Crippen molar-refractivity contribution in [2.75, 3.05) is 13.2 Å². The highest BCUT2D eigenvalue weighted by Gasteiger charge is 2.19. The summed E-state index contributed by atoms with van der Waals surface area (Å²) in [5.41, 5.74) is 1.12. The lowest BCUT2D eigenvalue weighted by molar-refractivity contribution is 0.151. The Morgan fingerprint density at radius 3 is 2.19 bits per heavy atom. The zero-order chi connectivity index (χ0) is 12.4. The van der Waals surface area contributed by atoms with Gasteiger partial charge in [-0.1, -0.05) is 103 Å². The molecule has 0 atom stereocenters. The predicted octanol–water partition coefficient (Wildman–Crippen LogP) is 5.77. The SMILES string of the molecule is C=C(C)COCCCCCCC[Si](I)(I)I. The summed E-state index contributed by atoms with van der Waals surface area (Å²) in [6, 6.07) is 1.45. The van der Waals surface area contributed by atoms with Crippen LogP contribution in [0.1, 0.15) is 39.0 Å². The molecule has 0 unspecified atom stereocenters. The van der Waals surface area contributed by atoms with E-state index >= 15 is 0 Å². The van der Waals surface area contributed by atoms with Gasteiger partial charge in [0, 0.05) is 6.61 Å². The van der Waals surface area contributed by atoms with Gasteiger partial charge < -0.3 is 4.74 Å². The molecule has 0 heterocycles. The molecule has 16 heavy (non-hydrogen) atoms. The van der Waals surface area contributed by atoms with Crippen molar-refractivity contribution in [3.05, 3.63) is 12.2 Å². The van der Waals surface area contributed by atoms with Crippen LogP contribution in [0.3, 0.4) is 0 Å². The number of hydrogen-bond acceptors (Lipinski definition) is 1. The van der Waals surface area contributed by atoms with Gasteiger partial charge in [-0.25, -0.2) is 0 Å². The second-order valence-corrected chi connectivity index (χ2v) is 41.0. The first-order chi connectivity index (χ1) is 7.42. The maximum absolute atomic E-state index is 5.46. The largest absolute Gasteiger partial charge is 0.377 e. The lowest BCUT2D eigenvalue weighted by Crippen LogP contribution is -2.04. The highest BCUT2D eigenvalue weighted by molar-refractivity contribution is 14.4. The van der Waals surface area contributed by atoms with E-state index in [4.69, 9.17) is 4.74 Å². The molecule has 0 saturated carbocycles. The van der Waals surface area contributed by atoms with Gasteiger partial charge in [0.25, 0.3) is 0.564 Å². The molecule has 0 radical (unpaired) electrons. The van der Waals surface area contributed by atoms with Crippen LogP contribution in [0.15, 0.2) is 12.2 Å². The van der Waals surface area contributed by atoms with Crippen molar-refractivity contribution in [1.29, 1.82) is 0 Å². The number of ether oxygens (including phenoxy) is 1. The molecule has 0 fully saturated rings. The van der Waals surface area contributed by atoms with Crippen LogP contribution in [0.25, 0.3) is 0 Å². The number of halogens is 3. The summed E-state index contributed by atoms with van der Waals surface area (Å²) in [7, 11) is 0. The van der Waals surface area contributed by atoms with Crippen LogP contribution in [-0.2, 0) is 4.74 Å². The van der Waals surface area contributed by atoms with E-state index in [0.717, 1.165) is 18.8 Å². The molecule has 0 aromatic heterocycles. The predicted molar refractivity (Wildman–Crippen MR) is 101 cm³/mol. The Morgan fingerprint density at radius 2 is 1.62 bits per heavy atom. The summed E-state index contributed by atoms with van der Waals surface area (Å²) in [4.78, 5) is 0. The van der Waals surface area contributed by atoms with Gasteiger partial charge in [-0.05, 0) is 19.4 Å². The smallest absolute Gasteiger partial charge is 0.253 e. The zero-order valence-electron chi connectivity index (χ0n) is 9.91. The van der Waals surface area contributed by atoms with E-state index in [0.29, 0.717) is 0 Å². The maximum Gasteiger partial charge on any atom is 0.253 e. The Hall–Kier alpha value is 2.11. The average molecular weight is 578 g/mol. The molecule has 0 aliphatic rings. The van der Waals surface area contributed by atoms with E-state index < -0.39 is 0.564 Å². The van der Waals surface area contributed by atoms with Gasteiger partial charge in [-0.2, -0.15) is 0 Å². The van der Waals surface area contributed by atoms with Gasteiger partial charge in [-0.15, -0.1) is 0 Å². The van der Waals surface area contributed by atoms with Crippen molar-refractivity contribution >= 4 is 66.0 Å². The van der Waals surface area contributed by atoms with Gasteiger partial charge in [0.2, 0.25) is 0 Å². The van der Waals surface area contributed by atoms with Crippen LogP contribution in [0.2, 0.25) is 6.04 Å². The Morgan fingerprint density at radius 1 is 1.06 bits per heavy atom. The normalized spacial score (nSPS) is 11.8. The van der Waals surface area contributed by atoms with Crippen LogP contribution in [0.4, 0.5) is 0 Å². The molecule has 0 aliphatic heterocycles. The van der Waals surface area contributed by atoms with E-state index in [2.05, 4.69) is 72.0 Å². The minimum Gasteiger partial charge on any atom is -0.377 e. The summed E-state index contributed by atoms with van der Waals surface area (Å²) < 4.78 is 4.58. The first kappa shape index (κ1) is 18.1. The Labute approximate surface area is 139 Å². The third-order valence-corrected chi connectivity index (χ3v) is 7.87. The van der Waals surface area contributed by atoms with Gasteiger partial charge in [0.15, 0.2) is 0 Å². The molecule has 96 valence electrons. The summed E-state index contributed by atoms with van der Waals surface area (Å²) in [6.45, 7) is 7.45. The Kier molecular flexibility index (Phi) is 12.4. The monoisotopic (exact) mass is 578 g/mol. The van der Waals surface area contributed by atoms with E-state index in [9.17, 15) is 0 Å². The summed E-state index contributed by atoms with van der Waals surface area (Å²) in [6.07, 6.45) is 6.69. The third-order valence-electron chi connectivity index (χ3n) is 2.10. The molecule has 0 aromatic carbocycles. The molecular formula is C11H21I3OSi. The van der Waals surface area contributed by atoms with Gasteiger partial charge in [0.1, 0.15) is 0 Å². The number of rotatable bonds is 10. The first-order valence-corrected chi connectivity index (χ1v) is 17.3. The van der Waals surface area contributed by atoms with Gasteiger partial charge in [0.05, 0.1) is 6.61 Å². The highest BCUT2D eigenvalue weighted by atomic mass is 127. The fraction of sp³-hybridized carbons (Fsp3) is 0.818. The van der Waals surface area contributed by atoms with Crippen molar-refractivity contribution in [3.8, 4) is 0 Å². The maximum atomic E-state index is 5.46. The van der Waals surface area contributed by atoms with E-state index in [-0.39, 0.29) is 0 Å². The average Bonchev–Trinajstić information content (AvgIpc) is 2.13. The second kappa shape index (κ2) is 11.0. The standard InChI is InChI=1S/C11H21I3OSi/c1-11(2)10-15-8-6-4-3-5-7-9-16(12,13)14/h1,3-10H2,2H3. The number of hydrogen-bond donors (Lipinski definition) is 0. The molecule has 0 aliphatic carbocycles. The molecule has 0 N–H and O–H groups in total. The lowest BCUT2D eigenvalue weighted by Gasteiger charge is -2.08. The molecule has 5 heteroatoms. The molecular weight excluding hydrogens is 557 g/mol. The van der Waals surface area contributed by atoms with Crippen molar-refractivity contribution in [3.63, 3.8) is 0 Å². The highest BCUT2D eigenvalue weighted by Crippen LogP contribution is 2.35. The van der Waals surface area contributed by atoms with Crippen molar-refractivity contribution in [1.82, 2.24) is 0 Å². The third kappa shape index (κ3) is 16.1. The molecule has 0 amide bonds. The summed E-state index contributed by atoms with van der Waals surface area (Å²) >= 11 is 7.94. The minimum absolute atomic E-state index is 0.729. The van der Waals surface area contributed by atoms with Crippen molar-refractivity contribution in [2.24, 2.45) is 0 Å². The Balaban J connectivity index is 3.07. The van der Waals surface area contributed by atoms with Crippen LogP contribution < -0.4 is 0 Å². The number of unbranched alkanes of at least 4 members (excludes halogenated alkanes) is 4. The quantitative estimate of drug-likeness (QED) is 0.105. The fourth-order valence-electron chi connectivity index (χ4n) is 1.31. The first-order valence-electron chi connectivity index (χ1n) is 5.70. The molecule has 0 spiro atoms. The van der Waals surface area contributed by atoms with Crippen molar-refractivity contribution in [2.45, 2.75) is 45.1 Å². The van der Waals surface area contributed by atoms with Crippen LogP contribution in [-0.4, -0.2) is 13.8 Å². The molecule has 1 nitrogen and oxygen atoms in total. The minimum atomic E-state index is -0.875. The zero-order valence-corrected chi connectivity index (χ0v) is 17.4. The van der Waals surface area contributed by atoms with Crippen LogP contribution >= 0.6 is 65.4 Å². The second-order valence-electron chi connectivity index (χ2n) is 4.14. The van der Waals surface area contributed by atoms with Gasteiger partial charge in [-0.3, -0.25) is 0 Å². The molecule has 0 saturated heterocycles. The topological polar surface area (TPSA) is 9.23 Å². The molecule has 0 aromatic rings. The lowest BCUT2D eigenvalue weighted by atomic mass is 10.2.